The number of anilines is 1. The van der Waals surface area contributed by atoms with Crippen molar-refractivity contribution in [3.63, 3.8) is 0 Å². The smallest absolute Gasteiger partial charge is 0.258 e. The molecule has 1 N–H and O–H groups in total. The lowest BCUT2D eigenvalue weighted by atomic mass is 10.1. The minimum Gasteiger partial charge on any atom is -0.497 e. The number of amides is 1. The summed E-state index contributed by atoms with van der Waals surface area (Å²) >= 11 is 0. The topological polar surface area (TPSA) is 45.3 Å². The van der Waals surface area contributed by atoms with E-state index < -0.39 is 0 Å². The Morgan fingerprint density at radius 3 is 2.81 bits per heavy atom. The first kappa shape index (κ1) is 13.2. The Bertz CT molecular complexity index is 792. The van der Waals surface area contributed by atoms with Crippen molar-refractivity contribution in [3.8, 4) is 5.75 Å². The highest BCUT2D eigenvalue weighted by Crippen LogP contribution is 2.22. The number of ether oxygens (including phenoxy) is 1. The molecule has 0 bridgehead atoms. The molecule has 106 valence electrons. The number of nitrogens with zero attached hydrogens (tertiary/aromatic N) is 1. The third kappa shape index (κ3) is 2.48. The van der Waals surface area contributed by atoms with Crippen molar-refractivity contribution >= 4 is 22.5 Å². The van der Waals surface area contributed by atoms with E-state index in [1.807, 2.05) is 54.7 Å². The zero-order chi connectivity index (χ0) is 14.8. The summed E-state index contributed by atoms with van der Waals surface area (Å²) in [7, 11) is 3.37. The lowest BCUT2D eigenvalue weighted by Gasteiger charge is -2.18. The normalized spacial score (nSPS) is 10.6. The van der Waals surface area contributed by atoms with E-state index in [2.05, 4.69) is 4.98 Å². The fourth-order valence-electron chi connectivity index (χ4n) is 2.31. The summed E-state index contributed by atoms with van der Waals surface area (Å²) in [5.74, 6) is 0.673. The first-order valence-corrected chi connectivity index (χ1v) is 6.68. The summed E-state index contributed by atoms with van der Waals surface area (Å²) in [4.78, 5) is 17.3. The number of hydrogen-bond donors (Lipinski definition) is 1. The van der Waals surface area contributed by atoms with E-state index in [0.29, 0.717) is 5.56 Å². The molecule has 0 unspecified atom stereocenters. The van der Waals surface area contributed by atoms with Crippen LogP contribution in [0.15, 0.2) is 54.7 Å². The van der Waals surface area contributed by atoms with E-state index in [-0.39, 0.29) is 5.91 Å². The van der Waals surface area contributed by atoms with Crippen LogP contribution in [0.1, 0.15) is 10.4 Å². The summed E-state index contributed by atoms with van der Waals surface area (Å²) in [5.41, 5.74) is 2.40. The number of aromatic nitrogens is 1. The van der Waals surface area contributed by atoms with Gasteiger partial charge in [-0.3, -0.25) is 4.79 Å². The minimum atomic E-state index is -0.0558. The van der Waals surface area contributed by atoms with Gasteiger partial charge < -0.3 is 14.6 Å². The monoisotopic (exact) mass is 280 g/mol. The molecule has 0 saturated carbocycles. The van der Waals surface area contributed by atoms with Gasteiger partial charge in [0.05, 0.1) is 7.11 Å². The highest BCUT2D eigenvalue weighted by atomic mass is 16.5. The minimum absolute atomic E-state index is 0.0558. The molecule has 0 fully saturated rings. The molecule has 21 heavy (non-hydrogen) atoms. The molecule has 3 aromatic rings. The summed E-state index contributed by atoms with van der Waals surface area (Å²) in [6.45, 7) is 0. The molecule has 0 aliphatic carbocycles. The highest BCUT2D eigenvalue weighted by molar-refractivity contribution is 6.07. The highest BCUT2D eigenvalue weighted by Gasteiger charge is 2.14. The van der Waals surface area contributed by atoms with E-state index in [0.717, 1.165) is 22.3 Å². The lowest BCUT2D eigenvalue weighted by Crippen LogP contribution is -2.26. The largest absolute Gasteiger partial charge is 0.497 e. The Hall–Kier alpha value is -2.75. The van der Waals surface area contributed by atoms with Crippen LogP contribution in [0, 0.1) is 0 Å². The average Bonchev–Trinajstić information content (AvgIpc) is 3.01. The van der Waals surface area contributed by atoms with Crippen molar-refractivity contribution in [2.24, 2.45) is 0 Å². The van der Waals surface area contributed by atoms with Gasteiger partial charge in [0.2, 0.25) is 0 Å². The van der Waals surface area contributed by atoms with E-state index in [9.17, 15) is 4.79 Å². The second-order valence-electron chi connectivity index (χ2n) is 4.85. The molecule has 0 atom stereocenters. The van der Waals surface area contributed by atoms with Crippen molar-refractivity contribution in [1.82, 2.24) is 4.98 Å². The van der Waals surface area contributed by atoms with Gasteiger partial charge in [-0.15, -0.1) is 0 Å². The molecule has 4 heteroatoms. The van der Waals surface area contributed by atoms with Crippen molar-refractivity contribution in [1.29, 1.82) is 0 Å². The molecule has 0 spiro atoms. The number of nitrogens with one attached hydrogen (secondary N) is 1. The molecule has 3 rings (SSSR count). The number of H-pyrrole nitrogens is 1. The fourth-order valence-corrected chi connectivity index (χ4v) is 2.31. The number of rotatable bonds is 3. The van der Waals surface area contributed by atoms with Crippen LogP contribution < -0.4 is 9.64 Å². The van der Waals surface area contributed by atoms with Gasteiger partial charge in [-0.2, -0.15) is 0 Å². The van der Waals surface area contributed by atoms with Gasteiger partial charge in [0.1, 0.15) is 5.75 Å². The van der Waals surface area contributed by atoms with Crippen LogP contribution in [0.5, 0.6) is 5.75 Å². The molecule has 0 radical (unpaired) electrons. The van der Waals surface area contributed by atoms with E-state index in [1.165, 1.54) is 0 Å². The van der Waals surface area contributed by atoms with E-state index >= 15 is 0 Å². The van der Waals surface area contributed by atoms with Crippen LogP contribution in [0.2, 0.25) is 0 Å². The maximum absolute atomic E-state index is 12.6. The molecule has 1 heterocycles. The van der Waals surface area contributed by atoms with E-state index in [4.69, 9.17) is 4.74 Å². The Balaban J connectivity index is 1.92. The Morgan fingerprint density at radius 1 is 1.14 bits per heavy atom. The van der Waals surface area contributed by atoms with Crippen molar-refractivity contribution in [2.75, 3.05) is 19.1 Å². The average molecular weight is 280 g/mol. The lowest BCUT2D eigenvalue weighted by molar-refractivity contribution is 0.0993. The second-order valence-corrected chi connectivity index (χ2v) is 4.85. The maximum atomic E-state index is 12.6. The first-order chi connectivity index (χ1) is 10.2. The SMILES string of the molecule is COc1cccc(N(C)C(=O)c2ccc3cc[nH]c3c2)c1. The molecule has 4 nitrogen and oxygen atoms in total. The third-order valence-electron chi connectivity index (χ3n) is 3.55. The fraction of sp³-hybridized carbons (Fsp3) is 0.118. The number of benzene rings is 2. The van der Waals surface area contributed by atoms with Crippen molar-refractivity contribution < 1.29 is 9.53 Å². The van der Waals surface area contributed by atoms with Crippen LogP contribution in [-0.4, -0.2) is 25.0 Å². The van der Waals surface area contributed by atoms with Crippen LogP contribution >= 0.6 is 0 Å². The van der Waals surface area contributed by atoms with Gasteiger partial charge >= 0.3 is 0 Å². The zero-order valence-corrected chi connectivity index (χ0v) is 12.0. The molecule has 0 saturated heterocycles. The standard InChI is InChI=1S/C17H16N2O2/c1-19(14-4-3-5-15(11-14)21-2)17(20)13-7-6-12-8-9-18-16(12)10-13/h3-11,18H,1-2H3. The van der Waals surface area contributed by atoms with Gasteiger partial charge in [0, 0.05) is 36.1 Å². The number of carbonyl (C=O) groups is 1. The van der Waals surface area contributed by atoms with Gasteiger partial charge in [-0.05, 0) is 35.7 Å². The summed E-state index contributed by atoms with van der Waals surface area (Å²) < 4.78 is 5.19. The Kier molecular flexibility index (Phi) is 3.36. The molecular formula is C17H16N2O2. The molecular weight excluding hydrogens is 264 g/mol. The van der Waals surface area contributed by atoms with E-state index in [1.54, 1.807) is 19.1 Å². The maximum Gasteiger partial charge on any atom is 0.258 e. The molecule has 0 aliphatic rings. The molecule has 2 aromatic carbocycles. The molecule has 0 aliphatic heterocycles. The van der Waals surface area contributed by atoms with Crippen LogP contribution in [0.3, 0.4) is 0 Å². The Morgan fingerprint density at radius 2 is 2.00 bits per heavy atom. The predicted octanol–water partition coefficient (Wildman–Crippen LogP) is 3.45. The first-order valence-electron chi connectivity index (χ1n) is 6.68. The predicted molar refractivity (Wildman–Crippen MR) is 84.0 cm³/mol. The van der Waals surface area contributed by atoms with Crippen LogP contribution in [0.25, 0.3) is 10.9 Å². The van der Waals surface area contributed by atoms with Gasteiger partial charge in [0.25, 0.3) is 5.91 Å². The van der Waals surface area contributed by atoms with Gasteiger partial charge in [-0.25, -0.2) is 0 Å². The zero-order valence-electron chi connectivity index (χ0n) is 12.0. The number of fused-ring (bicyclic) bond motifs is 1. The molecule has 1 amide bonds. The number of aromatic amines is 1. The summed E-state index contributed by atoms with van der Waals surface area (Å²) in [6.07, 6.45) is 1.87. The molecule has 1 aromatic heterocycles. The Labute approximate surface area is 123 Å². The second kappa shape index (κ2) is 5.32. The summed E-state index contributed by atoms with van der Waals surface area (Å²) in [5, 5.41) is 1.09. The van der Waals surface area contributed by atoms with Crippen molar-refractivity contribution in [3.05, 3.63) is 60.3 Å². The van der Waals surface area contributed by atoms with Gasteiger partial charge in [-0.1, -0.05) is 12.1 Å². The van der Waals surface area contributed by atoms with Crippen LogP contribution in [0.4, 0.5) is 5.69 Å². The quantitative estimate of drug-likeness (QED) is 0.798. The number of carbonyl (C=O) groups excluding carboxylic acids is 1. The summed E-state index contributed by atoms with van der Waals surface area (Å²) in [6, 6.07) is 15.1. The van der Waals surface area contributed by atoms with Crippen LogP contribution in [-0.2, 0) is 0 Å². The van der Waals surface area contributed by atoms with Gasteiger partial charge in [0.15, 0.2) is 0 Å². The van der Waals surface area contributed by atoms with Crippen molar-refractivity contribution in [2.45, 2.75) is 0 Å². The number of hydrogen-bond acceptors (Lipinski definition) is 2. The number of methoxy groups -OCH3 is 1. The third-order valence-corrected chi connectivity index (χ3v) is 3.55.